The van der Waals surface area contributed by atoms with Crippen LogP contribution in [0.2, 0.25) is 0 Å². The SMILES string of the molecule is CCC(C)N(CC)S(=O)(=O)c1cccc(S(=O)(=O)F)c1. The minimum absolute atomic E-state index is 0.224. The highest BCUT2D eigenvalue weighted by Gasteiger charge is 2.28. The van der Waals surface area contributed by atoms with Gasteiger partial charge in [-0.15, -0.1) is 3.89 Å². The molecule has 0 aromatic heterocycles. The molecular formula is C12H18FNO4S2. The van der Waals surface area contributed by atoms with Gasteiger partial charge < -0.3 is 0 Å². The van der Waals surface area contributed by atoms with Crippen LogP contribution in [0.5, 0.6) is 0 Å². The normalized spacial score (nSPS) is 14.4. The lowest BCUT2D eigenvalue weighted by Gasteiger charge is -2.26. The Balaban J connectivity index is 3.36. The van der Waals surface area contributed by atoms with Gasteiger partial charge in [0, 0.05) is 12.6 Å². The van der Waals surface area contributed by atoms with Crippen molar-refractivity contribution in [2.75, 3.05) is 6.54 Å². The number of hydrogen-bond acceptors (Lipinski definition) is 4. The molecule has 5 nitrogen and oxygen atoms in total. The summed E-state index contributed by atoms with van der Waals surface area (Å²) in [6, 6.07) is 4.11. The van der Waals surface area contributed by atoms with Crippen molar-refractivity contribution in [3.63, 3.8) is 0 Å². The van der Waals surface area contributed by atoms with E-state index in [0.29, 0.717) is 6.42 Å². The topological polar surface area (TPSA) is 71.5 Å². The summed E-state index contributed by atoms with van der Waals surface area (Å²) in [6.07, 6.45) is 0.619. The lowest BCUT2D eigenvalue weighted by molar-refractivity contribution is 0.342. The molecule has 20 heavy (non-hydrogen) atoms. The Morgan fingerprint density at radius 1 is 1.15 bits per heavy atom. The third-order valence-electron chi connectivity index (χ3n) is 3.09. The van der Waals surface area contributed by atoms with Crippen LogP contribution in [0, 0.1) is 0 Å². The maximum absolute atomic E-state index is 13.0. The predicted octanol–water partition coefficient (Wildman–Crippen LogP) is 2.15. The Morgan fingerprint density at radius 2 is 1.70 bits per heavy atom. The Morgan fingerprint density at radius 3 is 2.15 bits per heavy atom. The molecule has 1 unspecified atom stereocenters. The summed E-state index contributed by atoms with van der Waals surface area (Å²) in [6.45, 7) is 5.56. The molecule has 0 spiro atoms. The molecular weight excluding hydrogens is 305 g/mol. The molecule has 1 rings (SSSR count). The Bertz CT molecular complexity index is 670. The molecule has 0 aliphatic carbocycles. The highest BCUT2D eigenvalue weighted by molar-refractivity contribution is 7.89. The highest BCUT2D eigenvalue weighted by atomic mass is 32.3. The first-order valence-electron chi connectivity index (χ1n) is 6.21. The molecule has 0 radical (unpaired) electrons. The van der Waals surface area contributed by atoms with Gasteiger partial charge >= 0.3 is 10.2 Å². The van der Waals surface area contributed by atoms with Gasteiger partial charge in [0.25, 0.3) is 0 Å². The van der Waals surface area contributed by atoms with Gasteiger partial charge in [0.05, 0.1) is 9.79 Å². The minimum atomic E-state index is -4.93. The smallest absolute Gasteiger partial charge is 0.207 e. The zero-order valence-corrected chi connectivity index (χ0v) is 13.2. The molecule has 1 aromatic rings. The van der Waals surface area contributed by atoms with E-state index in [2.05, 4.69) is 0 Å². The highest BCUT2D eigenvalue weighted by Crippen LogP contribution is 2.22. The quantitative estimate of drug-likeness (QED) is 0.752. The fourth-order valence-corrected chi connectivity index (χ4v) is 4.19. The van der Waals surface area contributed by atoms with Gasteiger partial charge in [0.15, 0.2) is 0 Å². The maximum Gasteiger partial charge on any atom is 0.332 e. The van der Waals surface area contributed by atoms with E-state index in [9.17, 15) is 20.7 Å². The fourth-order valence-electron chi connectivity index (χ4n) is 1.84. The van der Waals surface area contributed by atoms with Crippen LogP contribution < -0.4 is 0 Å². The maximum atomic E-state index is 13.0. The molecule has 8 heteroatoms. The average molecular weight is 323 g/mol. The van der Waals surface area contributed by atoms with Crippen molar-refractivity contribution in [2.24, 2.45) is 0 Å². The molecule has 0 bridgehead atoms. The summed E-state index contributed by atoms with van der Waals surface area (Å²) in [5.74, 6) is 0. The van der Waals surface area contributed by atoms with Crippen LogP contribution in [0.3, 0.4) is 0 Å². The standard InChI is InChI=1S/C12H18FNO4S2/c1-4-10(3)14(5-2)20(17,18)12-8-6-7-11(9-12)19(13,15)16/h6-10H,4-5H2,1-3H3. The van der Waals surface area contributed by atoms with Crippen LogP contribution in [0.1, 0.15) is 27.2 Å². The molecule has 1 aromatic carbocycles. The molecule has 0 N–H and O–H groups in total. The van der Waals surface area contributed by atoms with E-state index in [4.69, 9.17) is 0 Å². The van der Waals surface area contributed by atoms with Gasteiger partial charge in [-0.2, -0.15) is 12.7 Å². The molecule has 0 fully saturated rings. The Kier molecular flexibility index (Phi) is 5.28. The molecule has 0 heterocycles. The zero-order valence-electron chi connectivity index (χ0n) is 11.6. The van der Waals surface area contributed by atoms with Crippen molar-refractivity contribution in [2.45, 2.75) is 43.0 Å². The van der Waals surface area contributed by atoms with Crippen molar-refractivity contribution < 1.29 is 20.7 Å². The van der Waals surface area contributed by atoms with E-state index >= 15 is 0 Å². The first kappa shape index (κ1) is 17.1. The Labute approximate surface area is 119 Å². The molecule has 0 saturated heterocycles. The third kappa shape index (κ3) is 3.56. The fraction of sp³-hybridized carbons (Fsp3) is 0.500. The Hall–Kier alpha value is -0.990. The number of hydrogen-bond donors (Lipinski definition) is 0. The van der Waals surface area contributed by atoms with Gasteiger partial charge in [-0.05, 0) is 31.5 Å². The summed E-state index contributed by atoms with van der Waals surface area (Å²) < 4.78 is 60.9. The van der Waals surface area contributed by atoms with Crippen LogP contribution in [-0.2, 0) is 20.2 Å². The number of halogens is 1. The number of sulfonamides is 1. The van der Waals surface area contributed by atoms with Gasteiger partial charge in [-0.3, -0.25) is 0 Å². The summed E-state index contributed by atoms with van der Waals surface area (Å²) in [5.41, 5.74) is 0. The minimum Gasteiger partial charge on any atom is -0.207 e. The van der Waals surface area contributed by atoms with E-state index < -0.39 is 25.1 Å². The number of rotatable bonds is 6. The second-order valence-electron chi connectivity index (χ2n) is 4.38. The molecule has 0 saturated carbocycles. The second kappa shape index (κ2) is 6.19. The number of benzene rings is 1. The zero-order chi connectivity index (χ0) is 15.6. The summed E-state index contributed by atoms with van der Waals surface area (Å²) in [5, 5.41) is 0. The van der Waals surface area contributed by atoms with Crippen molar-refractivity contribution in [1.82, 2.24) is 4.31 Å². The first-order chi connectivity index (χ1) is 9.14. The van der Waals surface area contributed by atoms with E-state index in [1.54, 1.807) is 13.8 Å². The van der Waals surface area contributed by atoms with Crippen molar-refractivity contribution in [3.8, 4) is 0 Å². The molecule has 0 aliphatic rings. The molecule has 1 atom stereocenters. The first-order valence-corrected chi connectivity index (χ1v) is 9.03. The number of nitrogens with zero attached hydrogens (tertiary/aromatic N) is 1. The second-order valence-corrected chi connectivity index (χ2v) is 7.62. The van der Waals surface area contributed by atoms with E-state index in [0.717, 1.165) is 12.1 Å². The monoisotopic (exact) mass is 323 g/mol. The summed E-state index contributed by atoms with van der Waals surface area (Å²) >= 11 is 0. The van der Waals surface area contributed by atoms with Crippen molar-refractivity contribution in [3.05, 3.63) is 24.3 Å². The summed E-state index contributed by atoms with van der Waals surface area (Å²) in [7, 11) is -8.77. The van der Waals surface area contributed by atoms with Crippen LogP contribution >= 0.6 is 0 Å². The summed E-state index contributed by atoms with van der Waals surface area (Å²) in [4.78, 5) is -0.878. The van der Waals surface area contributed by atoms with Gasteiger partial charge in [-0.1, -0.05) is 19.9 Å². The predicted molar refractivity (Wildman–Crippen MR) is 74.1 cm³/mol. The lowest BCUT2D eigenvalue weighted by atomic mass is 10.3. The van der Waals surface area contributed by atoms with Crippen LogP contribution in [0.4, 0.5) is 3.89 Å². The van der Waals surface area contributed by atoms with E-state index in [1.807, 2.05) is 6.92 Å². The average Bonchev–Trinajstić information content (AvgIpc) is 2.38. The van der Waals surface area contributed by atoms with Crippen LogP contribution in [0.15, 0.2) is 34.1 Å². The molecule has 114 valence electrons. The van der Waals surface area contributed by atoms with E-state index in [1.165, 1.54) is 16.4 Å². The van der Waals surface area contributed by atoms with Crippen molar-refractivity contribution in [1.29, 1.82) is 0 Å². The largest absolute Gasteiger partial charge is 0.332 e. The third-order valence-corrected chi connectivity index (χ3v) is 5.99. The van der Waals surface area contributed by atoms with Gasteiger partial charge in [-0.25, -0.2) is 8.42 Å². The molecule has 0 amide bonds. The van der Waals surface area contributed by atoms with Gasteiger partial charge in [0.1, 0.15) is 0 Å². The van der Waals surface area contributed by atoms with Gasteiger partial charge in [0.2, 0.25) is 10.0 Å². The van der Waals surface area contributed by atoms with Crippen LogP contribution in [0.25, 0.3) is 0 Å². The molecule has 0 aliphatic heterocycles. The van der Waals surface area contributed by atoms with E-state index in [-0.39, 0.29) is 17.5 Å². The lowest BCUT2D eigenvalue weighted by Crippen LogP contribution is -2.38. The van der Waals surface area contributed by atoms with Crippen molar-refractivity contribution >= 4 is 20.2 Å². The van der Waals surface area contributed by atoms with Crippen LogP contribution in [-0.4, -0.2) is 33.7 Å².